The number of carbonyl (C=O) groups is 1. The van der Waals surface area contributed by atoms with Crippen LogP contribution in [-0.4, -0.2) is 148 Å². The Bertz CT molecular complexity index is 1190. The summed E-state index contributed by atoms with van der Waals surface area (Å²) in [6, 6.07) is -0.303. The summed E-state index contributed by atoms with van der Waals surface area (Å²) in [5.74, 6) is -5.91. The molecule has 0 aromatic carbocycles. The molecule has 51 heavy (non-hydrogen) atoms. The van der Waals surface area contributed by atoms with E-state index >= 15 is 0 Å². The number of fused-ring (bicyclic) bond motifs is 2. The minimum absolute atomic E-state index is 0.0707. The van der Waals surface area contributed by atoms with E-state index in [0.29, 0.717) is 6.42 Å². The molecule has 0 aromatic rings. The Morgan fingerprint density at radius 3 is 2.12 bits per heavy atom. The first-order chi connectivity index (χ1) is 23.5. The molecule has 0 amide bonds. The Morgan fingerprint density at radius 1 is 0.922 bits per heavy atom. The van der Waals surface area contributed by atoms with Gasteiger partial charge in [-0.15, -0.1) is 0 Å². The molecule has 0 aliphatic carbocycles. The lowest BCUT2D eigenvalue weighted by Crippen LogP contribution is -2.61. The minimum atomic E-state index is -1.91. The molecular weight excluding hydrogens is 666 g/mol. The monoisotopic (exact) mass is 733 g/mol. The largest absolute Gasteiger partial charge is 0.459 e. The molecular formula is C37H67NO13. The molecule has 3 unspecified atom stereocenters. The smallest absolute Gasteiger partial charge is 0.311 e. The van der Waals surface area contributed by atoms with Gasteiger partial charge in [0.1, 0.15) is 23.9 Å². The second-order valence-electron chi connectivity index (χ2n) is 16.9. The van der Waals surface area contributed by atoms with Crippen molar-refractivity contribution in [2.45, 2.75) is 185 Å². The molecule has 4 aliphatic rings. The van der Waals surface area contributed by atoms with E-state index in [9.17, 15) is 30.3 Å². The van der Waals surface area contributed by atoms with Crippen molar-refractivity contribution in [2.75, 3.05) is 21.2 Å². The van der Waals surface area contributed by atoms with Crippen molar-refractivity contribution < 1.29 is 63.5 Å². The van der Waals surface area contributed by atoms with Crippen molar-refractivity contribution in [3.63, 3.8) is 0 Å². The van der Waals surface area contributed by atoms with Crippen molar-refractivity contribution in [1.82, 2.24) is 4.90 Å². The van der Waals surface area contributed by atoms with Crippen LogP contribution in [0, 0.1) is 23.7 Å². The van der Waals surface area contributed by atoms with E-state index in [1.54, 1.807) is 55.4 Å². The fraction of sp³-hybridized carbons (Fsp3) is 0.973. The maximum atomic E-state index is 14.2. The van der Waals surface area contributed by atoms with Crippen LogP contribution in [0.4, 0.5) is 0 Å². The number of methoxy groups -OCH3 is 1. The Hall–Kier alpha value is -1.01. The molecule has 0 aromatic heterocycles. The van der Waals surface area contributed by atoms with Crippen molar-refractivity contribution in [1.29, 1.82) is 0 Å². The fourth-order valence-corrected chi connectivity index (χ4v) is 9.18. The molecule has 14 nitrogen and oxygen atoms in total. The number of hydrogen-bond donors (Lipinski definition) is 5. The molecule has 2 bridgehead atoms. The van der Waals surface area contributed by atoms with E-state index in [0.717, 1.165) is 0 Å². The van der Waals surface area contributed by atoms with Crippen LogP contribution >= 0.6 is 0 Å². The molecule has 0 radical (unpaired) electrons. The SMILES string of the molecule is CC[C@H]1OC(=O)C(C)C(O[C@H]2C[C@@](C)(OC)[C@@H](O)[C@H](C)O2)[C@H](C)[C@@H](O[C@@H]2O[C@H](C)C[C@H](N(C)C)[C@H]2O)[C@](C)(O)C[C@@H](C)C2(O)O[C@@]1(C)[C@H](O)[C@H]2C. The van der Waals surface area contributed by atoms with Gasteiger partial charge < -0.3 is 63.6 Å². The van der Waals surface area contributed by atoms with Gasteiger partial charge in [-0.3, -0.25) is 4.79 Å². The maximum absolute atomic E-state index is 14.2. The first-order valence-electron chi connectivity index (χ1n) is 18.7. The first kappa shape index (κ1) is 42.7. The number of nitrogens with zero attached hydrogens (tertiary/aromatic N) is 1. The number of ether oxygens (including phenoxy) is 7. The van der Waals surface area contributed by atoms with E-state index in [-0.39, 0.29) is 31.4 Å². The Balaban J connectivity index is 1.84. The Kier molecular flexibility index (Phi) is 13.1. The third kappa shape index (κ3) is 8.04. The average Bonchev–Trinajstić information content (AvgIpc) is 3.24. The van der Waals surface area contributed by atoms with Crippen molar-refractivity contribution in [3.8, 4) is 0 Å². The molecule has 0 spiro atoms. The predicted octanol–water partition coefficient (Wildman–Crippen LogP) is 1.94. The second kappa shape index (κ2) is 15.6. The highest BCUT2D eigenvalue weighted by atomic mass is 16.7. The molecule has 4 fully saturated rings. The van der Waals surface area contributed by atoms with E-state index in [1.807, 2.05) is 32.8 Å². The zero-order valence-electron chi connectivity index (χ0n) is 32.9. The third-order valence-electron chi connectivity index (χ3n) is 12.6. The van der Waals surface area contributed by atoms with E-state index in [2.05, 4.69) is 0 Å². The van der Waals surface area contributed by atoms with Gasteiger partial charge in [0.2, 0.25) is 0 Å². The number of aliphatic hydroxyl groups is 5. The van der Waals surface area contributed by atoms with Gasteiger partial charge in [-0.1, -0.05) is 27.7 Å². The number of aliphatic hydroxyl groups excluding tert-OH is 3. The predicted molar refractivity (Wildman–Crippen MR) is 185 cm³/mol. The molecule has 0 saturated carbocycles. The molecule has 14 heteroatoms. The summed E-state index contributed by atoms with van der Waals surface area (Å²) in [6.07, 6.45) is -8.52. The number of cyclic esters (lactones) is 1. The Labute approximate surface area is 304 Å². The molecule has 19 atom stereocenters. The lowest BCUT2D eigenvalue weighted by atomic mass is 9.74. The van der Waals surface area contributed by atoms with Crippen LogP contribution < -0.4 is 0 Å². The van der Waals surface area contributed by atoms with Crippen LogP contribution in [0.2, 0.25) is 0 Å². The molecule has 298 valence electrons. The zero-order chi connectivity index (χ0) is 38.6. The summed E-state index contributed by atoms with van der Waals surface area (Å²) in [5.41, 5.74) is -4.24. The van der Waals surface area contributed by atoms with E-state index < -0.39 is 108 Å². The molecule has 5 N–H and O–H groups in total. The molecule has 4 rings (SSSR count). The lowest BCUT2D eigenvalue weighted by Gasteiger charge is -2.49. The van der Waals surface area contributed by atoms with Crippen molar-refractivity contribution >= 4 is 5.97 Å². The quantitative estimate of drug-likeness (QED) is 0.239. The molecule has 4 heterocycles. The number of hydrogen-bond acceptors (Lipinski definition) is 14. The molecule has 4 aliphatic heterocycles. The van der Waals surface area contributed by atoms with Gasteiger partial charge in [0, 0.05) is 37.3 Å². The highest BCUT2D eigenvalue weighted by molar-refractivity contribution is 5.73. The second-order valence-corrected chi connectivity index (χ2v) is 16.9. The van der Waals surface area contributed by atoms with Gasteiger partial charge in [-0.05, 0) is 74.9 Å². The van der Waals surface area contributed by atoms with Crippen LogP contribution in [-0.2, 0) is 38.0 Å². The van der Waals surface area contributed by atoms with Gasteiger partial charge in [0.15, 0.2) is 18.4 Å². The third-order valence-corrected chi connectivity index (χ3v) is 12.6. The van der Waals surface area contributed by atoms with Gasteiger partial charge in [0.05, 0.1) is 47.6 Å². The van der Waals surface area contributed by atoms with Crippen LogP contribution in [0.15, 0.2) is 0 Å². The summed E-state index contributed by atoms with van der Waals surface area (Å²) in [5, 5.41) is 58.7. The highest BCUT2D eigenvalue weighted by Gasteiger charge is 2.64. The zero-order valence-corrected chi connectivity index (χ0v) is 32.9. The number of rotatable bonds is 7. The summed E-state index contributed by atoms with van der Waals surface area (Å²) >= 11 is 0. The maximum Gasteiger partial charge on any atom is 0.311 e. The van der Waals surface area contributed by atoms with Gasteiger partial charge >= 0.3 is 5.97 Å². The van der Waals surface area contributed by atoms with Gasteiger partial charge in [-0.25, -0.2) is 0 Å². The average molecular weight is 734 g/mol. The highest BCUT2D eigenvalue weighted by Crippen LogP contribution is 2.51. The van der Waals surface area contributed by atoms with Gasteiger partial charge in [0.25, 0.3) is 0 Å². The fourth-order valence-electron chi connectivity index (χ4n) is 9.18. The number of esters is 1. The van der Waals surface area contributed by atoms with Crippen LogP contribution in [0.3, 0.4) is 0 Å². The van der Waals surface area contributed by atoms with Crippen molar-refractivity contribution in [3.05, 3.63) is 0 Å². The normalized spacial score (nSPS) is 53.2. The topological polar surface area (TPSA) is 186 Å². The lowest BCUT2D eigenvalue weighted by molar-refractivity contribution is -0.320. The van der Waals surface area contributed by atoms with Crippen molar-refractivity contribution in [2.24, 2.45) is 23.7 Å². The number of likely N-dealkylation sites (N-methyl/N-ethyl adjacent to an activating group) is 1. The van der Waals surface area contributed by atoms with Crippen LogP contribution in [0.25, 0.3) is 0 Å². The summed E-state index contributed by atoms with van der Waals surface area (Å²) < 4.78 is 43.9. The minimum Gasteiger partial charge on any atom is -0.459 e. The summed E-state index contributed by atoms with van der Waals surface area (Å²) in [6.45, 7) is 17.2. The van der Waals surface area contributed by atoms with E-state index in [1.165, 1.54) is 7.11 Å². The Morgan fingerprint density at radius 2 is 1.55 bits per heavy atom. The number of carbonyl (C=O) groups excluding carboxylic acids is 1. The molecule has 4 saturated heterocycles. The standard InChI is InChI=1S/C37H67NO13/c1-14-25-36(10)29(40)22(6)37(44,51-36)18(2)16-34(8,43)31(50-33-27(39)24(38(11)12)15-19(3)46-33)20(4)28(21(5)32(42)48-25)49-26-17-35(9,45-13)30(41)23(7)47-26/h18-31,33,39-41,43-44H,14-17H2,1-13H3/t18-,19-,20+,21?,22-,23+,24+,25-,26+,27-,28?,29-,30+,31-,33+,34-,35-,36-,37?/m1/s1. The summed E-state index contributed by atoms with van der Waals surface area (Å²) in [7, 11) is 5.24. The first-order valence-corrected chi connectivity index (χ1v) is 18.7. The van der Waals surface area contributed by atoms with Crippen LogP contribution in [0.1, 0.15) is 94.9 Å². The van der Waals surface area contributed by atoms with Crippen LogP contribution in [0.5, 0.6) is 0 Å². The van der Waals surface area contributed by atoms with Gasteiger partial charge in [-0.2, -0.15) is 0 Å². The van der Waals surface area contributed by atoms with E-state index in [4.69, 9.17) is 33.2 Å². The summed E-state index contributed by atoms with van der Waals surface area (Å²) in [4.78, 5) is 16.1.